The number of aliphatic imine (C=N–C) groups is 1. The highest BCUT2D eigenvalue weighted by molar-refractivity contribution is 9.10. The van der Waals surface area contributed by atoms with E-state index in [0.29, 0.717) is 34.6 Å². The maximum atomic E-state index is 13.2. The lowest BCUT2D eigenvalue weighted by Gasteiger charge is -2.12. The number of nitrogens with two attached hydrogens (primary N) is 1. The molecule has 0 heterocycles. The normalized spacial score (nSPS) is 11.2. The SMILES string of the molecule is COc1ccc(OC)c(NC(N)=NCCc2ccc(F)c(Br)c2)c1. The lowest BCUT2D eigenvalue weighted by molar-refractivity contribution is 0.405. The van der Waals surface area contributed by atoms with E-state index < -0.39 is 0 Å². The zero-order chi connectivity index (χ0) is 17.5. The Morgan fingerprint density at radius 1 is 1.21 bits per heavy atom. The molecule has 2 aromatic carbocycles. The van der Waals surface area contributed by atoms with Gasteiger partial charge in [0.15, 0.2) is 5.96 Å². The van der Waals surface area contributed by atoms with Crippen molar-refractivity contribution in [2.45, 2.75) is 6.42 Å². The molecule has 0 fully saturated rings. The minimum atomic E-state index is -0.284. The van der Waals surface area contributed by atoms with Crippen molar-refractivity contribution in [2.24, 2.45) is 10.7 Å². The first-order valence-corrected chi connectivity index (χ1v) is 8.05. The van der Waals surface area contributed by atoms with E-state index in [0.717, 1.165) is 5.56 Å². The summed E-state index contributed by atoms with van der Waals surface area (Å²) in [5.74, 6) is 1.30. The third kappa shape index (κ3) is 4.86. The van der Waals surface area contributed by atoms with Crippen molar-refractivity contribution in [3.05, 3.63) is 52.3 Å². The smallest absolute Gasteiger partial charge is 0.193 e. The van der Waals surface area contributed by atoms with Crippen molar-refractivity contribution < 1.29 is 13.9 Å². The van der Waals surface area contributed by atoms with Gasteiger partial charge in [0.05, 0.1) is 24.4 Å². The number of rotatable bonds is 6. The minimum Gasteiger partial charge on any atom is -0.497 e. The van der Waals surface area contributed by atoms with Crippen LogP contribution in [0.1, 0.15) is 5.56 Å². The zero-order valence-corrected chi connectivity index (χ0v) is 15.1. The van der Waals surface area contributed by atoms with Gasteiger partial charge in [0.25, 0.3) is 0 Å². The lowest BCUT2D eigenvalue weighted by atomic mass is 10.1. The van der Waals surface area contributed by atoms with Gasteiger partial charge in [0.1, 0.15) is 17.3 Å². The molecule has 0 bridgehead atoms. The van der Waals surface area contributed by atoms with Gasteiger partial charge in [0.2, 0.25) is 0 Å². The summed E-state index contributed by atoms with van der Waals surface area (Å²) >= 11 is 3.17. The predicted molar refractivity (Wildman–Crippen MR) is 97.5 cm³/mol. The Morgan fingerprint density at radius 2 is 2.00 bits per heavy atom. The van der Waals surface area contributed by atoms with Crippen LogP contribution < -0.4 is 20.5 Å². The fraction of sp³-hybridized carbons (Fsp3) is 0.235. The summed E-state index contributed by atoms with van der Waals surface area (Å²) in [5, 5.41) is 3.00. The van der Waals surface area contributed by atoms with Crippen LogP contribution in [0.15, 0.2) is 45.9 Å². The first-order valence-electron chi connectivity index (χ1n) is 7.26. The molecule has 7 heteroatoms. The van der Waals surface area contributed by atoms with E-state index in [1.165, 1.54) is 6.07 Å². The highest BCUT2D eigenvalue weighted by Crippen LogP contribution is 2.28. The molecule has 0 spiro atoms. The van der Waals surface area contributed by atoms with E-state index in [4.69, 9.17) is 15.2 Å². The van der Waals surface area contributed by atoms with Crippen molar-refractivity contribution >= 4 is 27.6 Å². The van der Waals surface area contributed by atoms with Gasteiger partial charge in [-0.25, -0.2) is 4.39 Å². The van der Waals surface area contributed by atoms with Gasteiger partial charge in [-0.3, -0.25) is 4.99 Å². The van der Waals surface area contributed by atoms with Crippen molar-refractivity contribution in [1.82, 2.24) is 0 Å². The van der Waals surface area contributed by atoms with E-state index in [1.807, 2.05) is 0 Å². The number of nitrogens with zero attached hydrogens (tertiary/aromatic N) is 1. The third-order valence-corrected chi connectivity index (χ3v) is 3.94. The molecular weight excluding hydrogens is 377 g/mol. The summed E-state index contributed by atoms with van der Waals surface area (Å²) < 4.78 is 24.1. The van der Waals surface area contributed by atoms with Crippen LogP contribution in [0.25, 0.3) is 0 Å². The number of hydrogen-bond acceptors (Lipinski definition) is 3. The topological polar surface area (TPSA) is 68.9 Å². The molecule has 3 N–H and O–H groups in total. The van der Waals surface area contributed by atoms with Gasteiger partial charge >= 0.3 is 0 Å². The quantitative estimate of drug-likeness (QED) is 0.579. The molecule has 5 nitrogen and oxygen atoms in total. The standard InChI is InChI=1S/C17H19BrFN3O2/c1-23-12-4-6-16(24-2)15(10-12)22-17(20)21-8-7-11-3-5-14(19)13(18)9-11/h3-6,9-10H,7-8H2,1-2H3,(H3,20,21,22). The van der Waals surface area contributed by atoms with Gasteiger partial charge in [0, 0.05) is 12.6 Å². The number of halogens is 2. The molecule has 24 heavy (non-hydrogen) atoms. The van der Waals surface area contributed by atoms with E-state index in [1.54, 1.807) is 44.6 Å². The maximum absolute atomic E-state index is 13.2. The van der Waals surface area contributed by atoms with Crippen LogP contribution in [-0.2, 0) is 6.42 Å². The fourth-order valence-electron chi connectivity index (χ4n) is 2.09. The average Bonchev–Trinajstić information content (AvgIpc) is 2.58. The van der Waals surface area contributed by atoms with Gasteiger partial charge in [-0.05, 0) is 52.2 Å². The van der Waals surface area contributed by atoms with E-state index in [2.05, 4.69) is 26.2 Å². The highest BCUT2D eigenvalue weighted by atomic mass is 79.9. The summed E-state index contributed by atoms with van der Waals surface area (Å²) in [6, 6.07) is 10.2. The van der Waals surface area contributed by atoms with Gasteiger partial charge in [-0.1, -0.05) is 6.07 Å². The van der Waals surface area contributed by atoms with Gasteiger partial charge in [-0.15, -0.1) is 0 Å². The van der Waals surface area contributed by atoms with Crippen LogP contribution in [0, 0.1) is 5.82 Å². The lowest BCUT2D eigenvalue weighted by Crippen LogP contribution is -2.23. The maximum Gasteiger partial charge on any atom is 0.193 e. The molecule has 0 unspecified atom stereocenters. The predicted octanol–water partition coefficient (Wildman–Crippen LogP) is 3.57. The molecule has 0 atom stereocenters. The number of methoxy groups -OCH3 is 2. The Hall–Kier alpha value is -2.28. The van der Waals surface area contributed by atoms with Crippen LogP contribution in [-0.4, -0.2) is 26.7 Å². The van der Waals surface area contributed by atoms with Crippen LogP contribution in [0.4, 0.5) is 10.1 Å². The molecule has 2 rings (SSSR count). The van der Waals surface area contributed by atoms with Crippen LogP contribution in [0.5, 0.6) is 11.5 Å². The number of benzene rings is 2. The van der Waals surface area contributed by atoms with Gasteiger partial charge < -0.3 is 20.5 Å². The highest BCUT2D eigenvalue weighted by Gasteiger charge is 2.06. The Labute approximate surface area is 148 Å². The average molecular weight is 396 g/mol. The van der Waals surface area contributed by atoms with E-state index in [-0.39, 0.29) is 11.8 Å². The largest absolute Gasteiger partial charge is 0.497 e. The summed E-state index contributed by atoms with van der Waals surface area (Å²) in [4.78, 5) is 4.28. The molecule has 0 saturated carbocycles. The Morgan fingerprint density at radius 3 is 2.67 bits per heavy atom. The summed E-state index contributed by atoms with van der Waals surface area (Å²) in [6.07, 6.45) is 0.649. The number of anilines is 1. The fourth-order valence-corrected chi connectivity index (χ4v) is 2.52. The Kier molecular flexibility index (Phi) is 6.43. The first kappa shape index (κ1) is 18.1. The number of hydrogen-bond donors (Lipinski definition) is 2. The second-order valence-electron chi connectivity index (χ2n) is 4.96. The molecule has 0 saturated heterocycles. The molecule has 0 radical (unpaired) electrons. The van der Waals surface area contributed by atoms with Crippen LogP contribution in [0.3, 0.4) is 0 Å². The number of nitrogens with one attached hydrogen (secondary N) is 1. The first-order chi connectivity index (χ1) is 11.5. The number of ether oxygens (including phenoxy) is 2. The summed E-state index contributed by atoms with van der Waals surface area (Å²) in [5.41, 5.74) is 7.55. The van der Waals surface area contributed by atoms with Crippen molar-refractivity contribution in [1.29, 1.82) is 0 Å². The minimum absolute atomic E-state index is 0.266. The van der Waals surface area contributed by atoms with Crippen LogP contribution in [0.2, 0.25) is 0 Å². The molecular formula is C17H19BrFN3O2. The van der Waals surface area contributed by atoms with E-state index in [9.17, 15) is 4.39 Å². The van der Waals surface area contributed by atoms with Crippen LogP contribution >= 0.6 is 15.9 Å². The van der Waals surface area contributed by atoms with Crippen molar-refractivity contribution in [3.8, 4) is 11.5 Å². The van der Waals surface area contributed by atoms with E-state index >= 15 is 0 Å². The van der Waals surface area contributed by atoms with Crippen molar-refractivity contribution in [2.75, 3.05) is 26.1 Å². The molecule has 2 aromatic rings. The Bertz CT molecular complexity index is 738. The molecule has 0 aromatic heterocycles. The molecule has 128 valence electrons. The second kappa shape index (κ2) is 8.54. The Balaban J connectivity index is 2.00. The molecule has 0 aliphatic carbocycles. The molecule has 0 aliphatic rings. The molecule has 0 amide bonds. The monoisotopic (exact) mass is 395 g/mol. The summed E-state index contributed by atoms with van der Waals surface area (Å²) in [6.45, 7) is 0.475. The summed E-state index contributed by atoms with van der Waals surface area (Å²) in [7, 11) is 3.16. The van der Waals surface area contributed by atoms with Crippen molar-refractivity contribution in [3.63, 3.8) is 0 Å². The molecule has 0 aliphatic heterocycles. The second-order valence-corrected chi connectivity index (χ2v) is 5.81. The third-order valence-electron chi connectivity index (χ3n) is 3.34. The van der Waals surface area contributed by atoms with Gasteiger partial charge in [-0.2, -0.15) is 0 Å². The zero-order valence-electron chi connectivity index (χ0n) is 13.5. The number of guanidine groups is 1.